The molecule has 6 nitrogen and oxygen atoms in total. The van der Waals surface area contributed by atoms with Gasteiger partial charge in [-0.2, -0.15) is 5.10 Å². The predicted molar refractivity (Wildman–Crippen MR) is 62.3 cm³/mol. The number of nitrogens with zero attached hydrogens (tertiary/aromatic N) is 3. The molecular formula is C11H12N4O2. The van der Waals surface area contributed by atoms with Gasteiger partial charge in [0.25, 0.3) is 5.56 Å². The second kappa shape index (κ2) is 3.65. The maximum absolute atomic E-state index is 11.8. The van der Waals surface area contributed by atoms with Crippen molar-refractivity contribution in [1.82, 2.24) is 14.3 Å². The van der Waals surface area contributed by atoms with Crippen molar-refractivity contribution in [3.8, 4) is 11.7 Å². The normalized spacial score (nSPS) is 14.1. The number of hydrogen-bond donors (Lipinski definition) is 1. The van der Waals surface area contributed by atoms with Crippen LogP contribution in [-0.2, 0) is 6.54 Å². The van der Waals surface area contributed by atoms with E-state index in [2.05, 4.69) is 5.10 Å². The Bertz CT molecular complexity index is 591. The molecule has 2 aromatic rings. The first-order valence-electron chi connectivity index (χ1n) is 5.44. The van der Waals surface area contributed by atoms with Crippen LogP contribution >= 0.6 is 0 Å². The van der Waals surface area contributed by atoms with E-state index in [1.165, 1.54) is 4.57 Å². The summed E-state index contributed by atoms with van der Waals surface area (Å²) in [6.07, 6.45) is 2.58. The van der Waals surface area contributed by atoms with Crippen LogP contribution in [0.3, 0.4) is 0 Å². The van der Waals surface area contributed by atoms with Crippen LogP contribution in [0.15, 0.2) is 29.2 Å². The number of hydrogen-bond acceptors (Lipinski definition) is 4. The van der Waals surface area contributed by atoms with Crippen molar-refractivity contribution < 1.29 is 4.74 Å². The van der Waals surface area contributed by atoms with Crippen LogP contribution in [0.2, 0.25) is 0 Å². The fourth-order valence-corrected chi connectivity index (χ4v) is 1.86. The van der Waals surface area contributed by atoms with Crippen LogP contribution in [-0.4, -0.2) is 21.0 Å². The van der Waals surface area contributed by atoms with Crippen molar-refractivity contribution in [3.05, 3.63) is 34.7 Å². The summed E-state index contributed by atoms with van der Waals surface area (Å²) in [7, 11) is 0. The van der Waals surface area contributed by atoms with Gasteiger partial charge >= 0.3 is 0 Å². The first kappa shape index (κ1) is 9.95. The number of fused-ring (bicyclic) bond motifs is 1. The van der Waals surface area contributed by atoms with Crippen molar-refractivity contribution in [2.24, 2.45) is 0 Å². The molecule has 0 aliphatic carbocycles. The van der Waals surface area contributed by atoms with Crippen LogP contribution < -0.4 is 16.0 Å². The molecule has 0 aromatic carbocycles. The molecule has 0 saturated heterocycles. The predicted octanol–water partition coefficient (Wildman–Crippen LogP) is 0.399. The second-order valence-electron chi connectivity index (χ2n) is 3.90. The highest BCUT2D eigenvalue weighted by Gasteiger charge is 2.15. The molecule has 88 valence electrons. The number of aromatic nitrogens is 3. The molecule has 0 radical (unpaired) electrons. The third kappa shape index (κ3) is 1.57. The van der Waals surface area contributed by atoms with E-state index in [0.29, 0.717) is 18.3 Å². The Morgan fingerprint density at radius 3 is 3.18 bits per heavy atom. The van der Waals surface area contributed by atoms with E-state index in [1.54, 1.807) is 29.1 Å². The van der Waals surface area contributed by atoms with Crippen LogP contribution in [0.5, 0.6) is 5.88 Å². The maximum Gasteiger partial charge on any atom is 0.279 e. The van der Waals surface area contributed by atoms with Crippen molar-refractivity contribution in [3.63, 3.8) is 0 Å². The Balaban J connectivity index is 2.12. The van der Waals surface area contributed by atoms with Crippen molar-refractivity contribution in [2.45, 2.75) is 13.0 Å². The summed E-state index contributed by atoms with van der Waals surface area (Å²) in [5.74, 6) is 1.24. The van der Waals surface area contributed by atoms with Gasteiger partial charge in [-0.05, 0) is 12.1 Å². The van der Waals surface area contributed by atoms with Gasteiger partial charge in [-0.3, -0.25) is 9.36 Å². The lowest BCUT2D eigenvalue weighted by atomic mass is 10.4. The Kier molecular flexibility index (Phi) is 2.14. The summed E-state index contributed by atoms with van der Waals surface area (Å²) < 4.78 is 8.63. The summed E-state index contributed by atoms with van der Waals surface area (Å²) in [6, 6.07) is 5.04. The Hall–Kier alpha value is -2.24. The molecular weight excluding hydrogens is 220 g/mol. The lowest BCUT2D eigenvalue weighted by Gasteiger charge is -2.13. The molecule has 0 unspecified atom stereocenters. The average molecular weight is 232 g/mol. The van der Waals surface area contributed by atoms with Gasteiger partial charge in [-0.1, -0.05) is 0 Å². The lowest BCUT2D eigenvalue weighted by Crippen LogP contribution is -2.21. The quantitative estimate of drug-likeness (QED) is 0.772. The highest BCUT2D eigenvalue weighted by molar-refractivity contribution is 5.38. The van der Waals surface area contributed by atoms with E-state index in [9.17, 15) is 4.79 Å². The van der Waals surface area contributed by atoms with E-state index < -0.39 is 0 Å². The molecule has 1 aliphatic heterocycles. The number of nitrogen functional groups attached to an aromatic ring is 1. The molecule has 17 heavy (non-hydrogen) atoms. The van der Waals surface area contributed by atoms with Crippen molar-refractivity contribution in [1.29, 1.82) is 0 Å². The standard InChI is InChI=1S/C11H12N4O2/c12-8-3-1-4-14(11(8)16)9-7-10-15(13-9)5-2-6-17-10/h1,3-4,7H,2,5-6,12H2. The molecule has 1 aliphatic rings. The first-order valence-corrected chi connectivity index (χ1v) is 5.44. The summed E-state index contributed by atoms with van der Waals surface area (Å²) in [6.45, 7) is 1.50. The molecule has 0 amide bonds. The minimum atomic E-state index is -0.261. The molecule has 0 saturated carbocycles. The fourth-order valence-electron chi connectivity index (χ4n) is 1.86. The molecule has 6 heteroatoms. The zero-order valence-electron chi connectivity index (χ0n) is 9.17. The summed E-state index contributed by atoms with van der Waals surface area (Å²) >= 11 is 0. The van der Waals surface area contributed by atoms with E-state index in [4.69, 9.17) is 10.5 Å². The minimum absolute atomic E-state index is 0.208. The first-order chi connectivity index (χ1) is 8.25. The fraction of sp³-hybridized carbons (Fsp3) is 0.273. The Labute approximate surface area is 97.2 Å². The number of rotatable bonds is 1. The molecule has 3 rings (SSSR count). The monoisotopic (exact) mass is 232 g/mol. The summed E-state index contributed by atoms with van der Waals surface area (Å²) in [4.78, 5) is 11.8. The smallest absolute Gasteiger partial charge is 0.279 e. The van der Waals surface area contributed by atoms with Gasteiger partial charge in [-0.25, -0.2) is 4.68 Å². The molecule has 0 atom stereocenters. The largest absolute Gasteiger partial charge is 0.478 e. The van der Waals surface area contributed by atoms with Gasteiger partial charge in [0.1, 0.15) is 0 Å². The van der Waals surface area contributed by atoms with E-state index in [0.717, 1.165) is 13.0 Å². The number of ether oxygens (including phenoxy) is 1. The zero-order valence-corrected chi connectivity index (χ0v) is 9.17. The van der Waals surface area contributed by atoms with Gasteiger partial charge in [0.05, 0.1) is 12.3 Å². The van der Waals surface area contributed by atoms with E-state index in [1.807, 2.05) is 0 Å². The van der Waals surface area contributed by atoms with Gasteiger partial charge < -0.3 is 10.5 Å². The molecule has 0 bridgehead atoms. The summed E-state index contributed by atoms with van der Waals surface area (Å²) in [5, 5.41) is 4.32. The third-order valence-corrected chi connectivity index (χ3v) is 2.72. The average Bonchev–Trinajstić information content (AvgIpc) is 2.76. The molecule has 0 spiro atoms. The Morgan fingerprint density at radius 1 is 1.47 bits per heavy atom. The zero-order chi connectivity index (χ0) is 11.8. The van der Waals surface area contributed by atoms with Crippen LogP contribution in [0.4, 0.5) is 5.69 Å². The van der Waals surface area contributed by atoms with Crippen LogP contribution in [0.1, 0.15) is 6.42 Å². The van der Waals surface area contributed by atoms with Crippen LogP contribution in [0.25, 0.3) is 5.82 Å². The molecule has 2 N–H and O–H groups in total. The van der Waals surface area contributed by atoms with Crippen molar-refractivity contribution in [2.75, 3.05) is 12.3 Å². The van der Waals surface area contributed by atoms with Gasteiger partial charge in [-0.15, -0.1) is 0 Å². The summed E-state index contributed by atoms with van der Waals surface area (Å²) in [5.41, 5.74) is 5.53. The van der Waals surface area contributed by atoms with Gasteiger partial charge in [0, 0.05) is 25.2 Å². The van der Waals surface area contributed by atoms with E-state index >= 15 is 0 Å². The maximum atomic E-state index is 11.8. The number of pyridine rings is 1. The lowest BCUT2D eigenvalue weighted by molar-refractivity contribution is 0.230. The molecule has 3 heterocycles. The van der Waals surface area contributed by atoms with Gasteiger partial charge in [0.15, 0.2) is 5.82 Å². The number of aryl methyl sites for hydroxylation is 1. The highest BCUT2D eigenvalue weighted by Crippen LogP contribution is 2.19. The Morgan fingerprint density at radius 2 is 2.35 bits per heavy atom. The van der Waals surface area contributed by atoms with E-state index in [-0.39, 0.29) is 11.2 Å². The van der Waals surface area contributed by atoms with Gasteiger partial charge in [0.2, 0.25) is 5.88 Å². The van der Waals surface area contributed by atoms with Crippen LogP contribution in [0, 0.1) is 0 Å². The minimum Gasteiger partial charge on any atom is -0.478 e. The third-order valence-electron chi connectivity index (χ3n) is 2.72. The SMILES string of the molecule is Nc1cccn(-c2cc3n(n2)CCCO3)c1=O. The molecule has 0 fully saturated rings. The molecule has 2 aromatic heterocycles. The highest BCUT2D eigenvalue weighted by atomic mass is 16.5. The second-order valence-corrected chi connectivity index (χ2v) is 3.90. The van der Waals surface area contributed by atoms with Crippen molar-refractivity contribution >= 4 is 5.69 Å². The number of anilines is 1. The number of nitrogens with two attached hydrogens (primary N) is 1. The topological polar surface area (TPSA) is 75.1 Å².